The summed E-state index contributed by atoms with van der Waals surface area (Å²) in [5, 5.41) is 8.92. The van der Waals surface area contributed by atoms with Gasteiger partial charge in [0.1, 0.15) is 9.09 Å². The van der Waals surface area contributed by atoms with Crippen molar-refractivity contribution in [1.29, 1.82) is 0 Å². The Hall–Kier alpha value is -1.36. The number of carbonyl (C=O) groups is 1. The Bertz CT molecular complexity index is 610. The van der Waals surface area contributed by atoms with Crippen molar-refractivity contribution in [3.05, 3.63) is 16.5 Å². The molecule has 1 rings (SSSR count). The average Bonchev–Trinajstić information content (AvgIpc) is 2.71. The van der Waals surface area contributed by atoms with Crippen LogP contribution in [-0.2, 0) is 10.0 Å². The quantitative estimate of drug-likeness (QED) is 0.785. The third-order valence-corrected chi connectivity index (χ3v) is 5.60. The van der Waals surface area contributed by atoms with Gasteiger partial charge in [-0.05, 0) is 25.0 Å². The van der Waals surface area contributed by atoms with Crippen LogP contribution < -0.4 is 4.72 Å². The van der Waals surface area contributed by atoms with Gasteiger partial charge in [-0.2, -0.15) is 4.72 Å². The van der Waals surface area contributed by atoms with E-state index in [0.717, 1.165) is 17.8 Å². The van der Waals surface area contributed by atoms with Crippen LogP contribution in [0.1, 0.15) is 35.0 Å². The number of nitrogens with one attached hydrogen (secondary N) is 1. The molecule has 0 bridgehead atoms. The molecule has 0 fully saturated rings. The summed E-state index contributed by atoms with van der Waals surface area (Å²) in [7, 11) is -3.77. The summed E-state index contributed by atoms with van der Waals surface area (Å²) in [5.74, 6) is 1.24. The molecule has 19 heavy (non-hydrogen) atoms. The number of carboxylic acids is 1. The molecule has 1 heterocycles. The number of thiophene rings is 1. The molecular formula is C12H15NO4S2. The van der Waals surface area contributed by atoms with Crippen LogP contribution in [0.3, 0.4) is 0 Å². The minimum Gasteiger partial charge on any atom is -0.477 e. The molecule has 1 aromatic rings. The molecule has 1 atom stereocenters. The Labute approximate surface area is 116 Å². The van der Waals surface area contributed by atoms with E-state index in [4.69, 9.17) is 11.5 Å². The van der Waals surface area contributed by atoms with E-state index >= 15 is 0 Å². The Morgan fingerprint density at radius 3 is 2.68 bits per heavy atom. The molecule has 0 aliphatic carbocycles. The summed E-state index contributed by atoms with van der Waals surface area (Å²) in [4.78, 5) is 10.9. The first-order chi connectivity index (χ1) is 8.81. The predicted octanol–water partition coefficient (Wildman–Crippen LogP) is 1.83. The summed E-state index contributed by atoms with van der Waals surface area (Å²) >= 11 is 0.727. The zero-order chi connectivity index (χ0) is 14.6. The average molecular weight is 301 g/mol. The molecular weight excluding hydrogens is 286 g/mol. The highest BCUT2D eigenvalue weighted by Crippen LogP contribution is 2.26. The molecule has 0 radical (unpaired) electrons. The predicted molar refractivity (Wildman–Crippen MR) is 73.9 cm³/mol. The van der Waals surface area contributed by atoms with Crippen LogP contribution in [0.4, 0.5) is 0 Å². The number of sulfonamides is 1. The Morgan fingerprint density at radius 2 is 2.26 bits per heavy atom. The third-order valence-electron chi connectivity index (χ3n) is 2.43. The lowest BCUT2D eigenvalue weighted by atomic mass is 10.2. The lowest BCUT2D eigenvalue weighted by Gasteiger charge is -2.11. The summed E-state index contributed by atoms with van der Waals surface area (Å²) in [6.45, 7) is 3.46. The van der Waals surface area contributed by atoms with Crippen LogP contribution in [0.25, 0.3) is 0 Å². The lowest BCUT2D eigenvalue weighted by Crippen LogP contribution is -2.33. The molecule has 1 aromatic heterocycles. The largest absolute Gasteiger partial charge is 0.477 e. The van der Waals surface area contributed by atoms with E-state index in [1.165, 1.54) is 6.07 Å². The maximum atomic E-state index is 12.1. The zero-order valence-electron chi connectivity index (χ0n) is 10.6. The van der Waals surface area contributed by atoms with E-state index < -0.39 is 22.0 Å². The maximum absolute atomic E-state index is 12.1. The van der Waals surface area contributed by atoms with Gasteiger partial charge >= 0.3 is 5.97 Å². The normalized spacial score (nSPS) is 12.9. The Kier molecular flexibility index (Phi) is 5.11. The van der Waals surface area contributed by atoms with Crippen molar-refractivity contribution in [2.75, 3.05) is 0 Å². The van der Waals surface area contributed by atoms with Crippen molar-refractivity contribution < 1.29 is 18.3 Å². The summed E-state index contributed by atoms with van der Waals surface area (Å²) < 4.78 is 26.5. The third kappa shape index (κ3) is 3.80. The fraction of sp³-hybridized carbons (Fsp3) is 0.417. The molecule has 0 aliphatic heterocycles. The number of hydrogen-bond acceptors (Lipinski definition) is 4. The van der Waals surface area contributed by atoms with Gasteiger partial charge in [0.25, 0.3) is 10.0 Å². The van der Waals surface area contributed by atoms with Gasteiger partial charge in [-0.3, -0.25) is 0 Å². The van der Waals surface area contributed by atoms with Crippen molar-refractivity contribution >= 4 is 27.3 Å². The van der Waals surface area contributed by atoms with E-state index in [0.29, 0.717) is 12.0 Å². The summed E-state index contributed by atoms with van der Waals surface area (Å²) in [6.07, 6.45) is 6.54. The van der Waals surface area contributed by atoms with Crippen molar-refractivity contribution in [2.24, 2.45) is 0 Å². The molecule has 2 N–H and O–H groups in total. The Balaban J connectivity index is 3.04. The monoisotopic (exact) mass is 301 g/mol. The van der Waals surface area contributed by atoms with Crippen LogP contribution in [0.15, 0.2) is 10.3 Å². The van der Waals surface area contributed by atoms with Crippen LogP contribution in [0.5, 0.6) is 0 Å². The first kappa shape index (κ1) is 15.7. The lowest BCUT2D eigenvalue weighted by molar-refractivity contribution is 0.0701. The SMILES string of the molecule is C#CC(CCC)NS(=O)(=O)c1cc(C)c(C(=O)O)s1. The van der Waals surface area contributed by atoms with Gasteiger partial charge in [0.2, 0.25) is 0 Å². The highest BCUT2D eigenvalue weighted by atomic mass is 32.2. The molecule has 0 aliphatic rings. The highest BCUT2D eigenvalue weighted by molar-refractivity contribution is 7.91. The Morgan fingerprint density at radius 1 is 1.63 bits per heavy atom. The summed E-state index contributed by atoms with van der Waals surface area (Å²) in [5.41, 5.74) is 0.422. The number of hydrogen-bond donors (Lipinski definition) is 2. The standard InChI is InChI=1S/C12H15NO4S2/c1-4-6-9(5-2)13-19(16,17)10-7-8(3)11(18-10)12(14)15/h2,7,9,13H,4,6H2,1,3H3,(H,14,15). The van der Waals surface area contributed by atoms with Gasteiger partial charge in [-0.25, -0.2) is 13.2 Å². The zero-order valence-corrected chi connectivity index (χ0v) is 12.3. The van der Waals surface area contributed by atoms with E-state index in [2.05, 4.69) is 10.6 Å². The smallest absolute Gasteiger partial charge is 0.346 e. The fourth-order valence-corrected chi connectivity index (χ4v) is 4.09. The van der Waals surface area contributed by atoms with Crippen LogP contribution in [0, 0.1) is 19.3 Å². The molecule has 0 spiro atoms. The topological polar surface area (TPSA) is 83.5 Å². The molecule has 0 amide bonds. The second-order valence-electron chi connectivity index (χ2n) is 4.01. The van der Waals surface area contributed by atoms with Crippen LogP contribution in [0.2, 0.25) is 0 Å². The van der Waals surface area contributed by atoms with Gasteiger partial charge in [0.05, 0.1) is 6.04 Å². The van der Waals surface area contributed by atoms with Crippen molar-refractivity contribution in [1.82, 2.24) is 4.72 Å². The molecule has 7 heteroatoms. The summed E-state index contributed by atoms with van der Waals surface area (Å²) in [6, 6.07) is 0.765. The van der Waals surface area contributed by atoms with Crippen molar-refractivity contribution in [3.8, 4) is 12.3 Å². The minimum atomic E-state index is -3.77. The van der Waals surface area contributed by atoms with E-state index in [-0.39, 0.29) is 9.09 Å². The number of aryl methyl sites for hydroxylation is 1. The van der Waals surface area contributed by atoms with Crippen molar-refractivity contribution in [2.45, 2.75) is 36.9 Å². The molecule has 1 unspecified atom stereocenters. The second kappa shape index (κ2) is 6.19. The molecule has 104 valence electrons. The van der Waals surface area contributed by atoms with E-state index in [1.807, 2.05) is 6.92 Å². The minimum absolute atomic E-state index is 0.0214. The van der Waals surface area contributed by atoms with Gasteiger partial charge in [-0.15, -0.1) is 17.8 Å². The first-order valence-corrected chi connectivity index (χ1v) is 7.94. The van der Waals surface area contributed by atoms with E-state index in [9.17, 15) is 13.2 Å². The maximum Gasteiger partial charge on any atom is 0.346 e. The number of terminal acetylenes is 1. The highest BCUT2D eigenvalue weighted by Gasteiger charge is 2.23. The van der Waals surface area contributed by atoms with Crippen LogP contribution >= 0.6 is 11.3 Å². The van der Waals surface area contributed by atoms with Crippen molar-refractivity contribution in [3.63, 3.8) is 0 Å². The van der Waals surface area contributed by atoms with Gasteiger partial charge in [0, 0.05) is 0 Å². The molecule has 0 aromatic carbocycles. The van der Waals surface area contributed by atoms with Gasteiger partial charge in [-0.1, -0.05) is 19.3 Å². The van der Waals surface area contributed by atoms with Gasteiger partial charge in [0.15, 0.2) is 0 Å². The first-order valence-electron chi connectivity index (χ1n) is 5.64. The van der Waals surface area contributed by atoms with Crippen LogP contribution in [-0.4, -0.2) is 25.5 Å². The number of carboxylic acid groups (broad SMARTS) is 1. The number of aromatic carboxylic acids is 1. The second-order valence-corrected chi connectivity index (χ2v) is 7.00. The van der Waals surface area contributed by atoms with E-state index in [1.54, 1.807) is 6.92 Å². The molecule has 5 nitrogen and oxygen atoms in total. The number of rotatable bonds is 6. The van der Waals surface area contributed by atoms with Gasteiger partial charge < -0.3 is 5.11 Å². The molecule has 0 saturated carbocycles. The molecule has 0 saturated heterocycles. The fourth-order valence-electron chi connectivity index (χ4n) is 1.51.